The Labute approximate surface area is 141 Å². The van der Waals surface area contributed by atoms with Gasteiger partial charge in [0.25, 0.3) is 5.56 Å². The molecule has 1 saturated heterocycles. The standard InChI is InChI=1S/C16H25N5OS/c1-4-12-9-14(22)19-13(18-12)10-20-5-7-21(8-6-20)15-17-11-16(2,3)23-15/h9H,4-8,10-11H2,1-3H3,(H,18,19,22). The highest BCUT2D eigenvalue weighted by Gasteiger charge is 2.31. The molecular formula is C16H25N5OS. The van der Waals surface area contributed by atoms with E-state index in [1.54, 1.807) is 6.07 Å². The van der Waals surface area contributed by atoms with Gasteiger partial charge in [-0.3, -0.25) is 14.7 Å². The van der Waals surface area contributed by atoms with Gasteiger partial charge in [0.15, 0.2) is 5.17 Å². The molecule has 1 aromatic heterocycles. The summed E-state index contributed by atoms with van der Waals surface area (Å²) in [6.07, 6.45) is 0.789. The molecule has 0 unspecified atom stereocenters. The molecule has 0 aromatic carbocycles. The molecule has 7 heteroatoms. The highest BCUT2D eigenvalue weighted by Crippen LogP contribution is 2.33. The molecule has 0 radical (unpaired) electrons. The lowest BCUT2D eigenvalue weighted by atomic mass is 10.2. The molecule has 126 valence electrons. The van der Waals surface area contributed by atoms with Gasteiger partial charge >= 0.3 is 0 Å². The summed E-state index contributed by atoms with van der Waals surface area (Å²) in [6.45, 7) is 12.0. The van der Waals surface area contributed by atoms with Crippen molar-refractivity contribution < 1.29 is 0 Å². The van der Waals surface area contributed by atoms with Gasteiger partial charge in [-0.05, 0) is 20.3 Å². The summed E-state index contributed by atoms with van der Waals surface area (Å²) < 4.78 is 0.233. The van der Waals surface area contributed by atoms with Gasteiger partial charge in [-0.1, -0.05) is 18.7 Å². The smallest absolute Gasteiger partial charge is 0.251 e. The number of piperazine rings is 1. The fourth-order valence-electron chi connectivity index (χ4n) is 2.86. The summed E-state index contributed by atoms with van der Waals surface area (Å²) in [7, 11) is 0. The van der Waals surface area contributed by atoms with E-state index >= 15 is 0 Å². The number of hydrogen-bond acceptors (Lipinski definition) is 6. The molecule has 0 atom stereocenters. The number of aliphatic imine (C=N–C) groups is 1. The monoisotopic (exact) mass is 335 g/mol. The number of hydrogen-bond donors (Lipinski definition) is 1. The van der Waals surface area contributed by atoms with Crippen LogP contribution in [0.3, 0.4) is 0 Å². The van der Waals surface area contributed by atoms with Crippen LogP contribution >= 0.6 is 11.8 Å². The van der Waals surface area contributed by atoms with Gasteiger partial charge in [-0.25, -0.2) is 4.98 Å². The molecule has 3 heterocycles. The van der Waals surface area contributed by atoms with Crippen molar-refractivity contribution in [3.8, 4) is 0 Å². The second-order valence-corrected chi connectivity index (χ2v) is 8.44. The van der Waals surface area contributed by atoms with Crippen LogP contribution in [0.15, 0.2) is 15.9 Å². The summed E-state index contributed by atoms with van der Waals surface area (Å²) in [5.74, 6) is 0.775. The summed E-state index contributed by atoms with van der Waals surface area (Å²) in [6, 6.07) is 1.58. The molecule has 1 fully saturated rings. The Morgan fingerprint density at radius 2 is 2.04 bits per heavy atom. The number of nitrogens with one attached hydrogen (secondary N) is 1. The first-order chi connectivity index (χ1) is 10.9. The third-order valence-corrected chi connectivity index (χ3v) is 5.44. The molecule has 2 aliphatic rings. The predicted molar refractivity (Wildman–Crippen MR) is 95.1 cm³/mol. The number of aryl methyl sites for hydroxylation is 1. The van der Waals surface area contributed by atoms with E-state index in [1.807, 2.05) is 18.7 Å². The van der Waals surface area contributed by atoms with Gasteiger partial charge < -0.3 is 9.88 Å². The van der Waals surface area contributed by atoms with Crippen LogP contribution in [0.4, 0.5) is 0 Å². The molecule has 2 aliphatic heterocycles. The van der Waals surface area contributed by atoms with E-state index < -0.39 is 0 Å². The Morgan fingerprint density at radius 3 is 2.65 bits per heavy atom. The van der Waals surface area contributed by atoms with E-state index in [0.717, 1.165) is 50.7 Å². The van der Waals surface area contributed by atoms with Crippen molar-refractivity contribution in [1.29, 1.82) is 0 Å². The van der Waals surface area contributed by atoms with Crippen LogP contribution in [0.1, 0.15) is 32.3 Å². The van der Waals surface area contributed by atoms with E-state index in [-0.39, 0.29) is 10.3 Å². The summed E-state index contributed by atoms with van der Waals surface area (Å²) in [5, 5.41) is 1.19. The lowest BCUT2D eigenvalue weighted by Crippen LogP contribution is -2.47. The average Bonchev–Trinajstić information content (AvgIpc) is 2.87. The maximum absolute atomic E-state index is 11.7. The van der Waals surface area contributed by atoms with Crippen LogP contribution in [-0.4, -0.2) is 62.4 Å². The lowest BCUT2D eigenvalue weighted by Gasteiger charge is -2.35. The van der Waals surface area contributed by atoms with Crippen molar-refractivity contribution in [2.45, 2.75) is 38.5 Å². The molecule has 0 bridgehead atoms. The first kappa shape index (κ1) is 16.5. The topological polar surface area (TPSA) is 64.6 Å². The van der Waals surface area contributed by atoms with Crippen molar-refractivity contribution >= 4 is 16.9 Å². The summed E-state index contributed by atoms with van der Waals surface area (Å²) >= 11 is 1.88. The zero-order valence-corrected chi connectivity index (χ0v) is 14.9. The highest BCUT2D eigenvalue weighted by atomic mass is 32.2. The average molecular weight is 335 g/mol. The van der Waals surface area contributed by atoms with Gasteiger partial charge in [0, 0.05) is 42.7 Å². The molecule has 0 spiro atoms. The SMILES string of the molecule is CCc1cc(=O)[nH]c(CN2CCN(C3=NCC(C)(C)S3)CC2)n1. The van der Waals surface area contributed by atoms with Crippen LogP contribution in [0.25, 0.3) is 0 Å². The van der Waals surface area contributed by atoms with Crippen molar-refractivity contribution in [2.75, 3.05) is 32.7 Å². The van der Waals surface area contributed by atoms with E-state index in [1.165, 1.54) is 5.17 Å². The van der Waals surface area contributed by atoms with Gasteiger partial charge in [0.05, 0.1) is 13.1 Å². The molecular weight excluding hydrogens is 310 g/mol. The normalized spacial score (nSPS) is 21.5. The number of nitrogens with zero attached hydrogens (tertiary/aromatic N) is 4. The fraction of sp³-hybridized carbons (Fsp3) is 0.688. The Hall–Kier alpha value is -1.34. The number of H-pyrrole nitrogens is 1. The van der Waals surface area contributed by atoms with E-state index in [4.69, 9.17) is 0 Å². The first-order valence-corrected chi connectivity index (χ1v) is 9.07. The van der Waals surface area contributed by atoms with E-state index in [0.29, 0.717) is 6.54 Å². The molecule has 23 heavy (non-hydrogen) atoms. The Balaban J connectivity index is 1.56. The highest BCUT2D eigenvalue weighted by molar-refractivity contribution is 8.15. The van der Waals surface area contributed by atoms with E-state index in [9.17, 15) is 4.79 Å². The number of amidine groups is 1. The van der Waals surface area contributed by atoms with Crippen LogP contribution in [0.5, 0.6) is 0 Å². The quantitative estimate of drug-likeness (QED) is 0.903. The van der Waals surface area contributed by atoms with Crippen molar-refractivity contribution in [2.24, 2.45) is 4.99 Å². The maximum atomic E-state index is 11.7. The molecule has 0 amide bonds. The first-order valence-electron chi connectivity index (χ1n) is 8.25. The fourth-order valence-corrected chi connectivity index (χ4v) is 3.93. The third-order valence-electron chi connectivity index (χ3n) is 4.18. The number of rotatable bonds is 3. The predicted octanol–water partition coefficient (Wildman–Crippen LogP) is 1.33. The van der Waals surface area contributed by atoms with Crippen LogP contribution < -0.4 is 5.56 Å². The minimum Gasteiger partial charge on any atom is -0.349 e. The zero-order chi connectivity index (χ0) is 16.4. The van der Waals surface area contributed by atoms with Crippen LogP contribution in [-0.2, 0) is 13.0 Å². The van der Waals surface area contributed by atoms with Crippen molar-refractivity contribution in [1.82, 2.24) is 19.8 Å². The minimum absolute atomic E-state index is 0.0515. The second-order valence-electron chi connectivity index (χ2n) is 6.76. The molecule has 3 rings (SSSR count). The maximum Gasteiger partial charge on any atom is 0.251 e. The molecule has 0 aliphatic carbocycles. The van der Waals surface area contributed by atoms with Crippen molar-refractivity contribution in [3.05, 3.63) is 27.9 Å². The van der Waals surface area contributed by atoms with Crippen LogP contribution in [0, 0.1) is 0 Å². The molecule has 6 nitrogen and oxygen atoms in total. The summed E-state index contributed by atoms with van der Waals surface area (Å²) in [4.78, 5) is 28.5. The minimum atomic E-state index is -0.0515. The molecule has 1 aromatic rings. The third kappa shape index (κ3) is 4.14. The van der Waals surface area contributed by atoms with E-state index in [2.05, 4.69) is 38.6 Å². The number of aromatic nitrogens is 2. The molecule has 1 N–H and O–H groups in total. The lowest BCUT2D eigenvalue weighted by molar-refractivity contribution is 0.173. The number of aromatic amines is 1. The largest absolute Gasteiger partial charge is 0.349 e. The number of thioether (sulfide) groups is 1. The Kier molecular flexibility index (Phi) is 4.77. The van der Waals surface area contributed by atoms with Gasteiger partial charge in [0.2, 0.25) is 0 Å². The van der Waals surface area contributed by atoms with Gasteiger partial charge in [0.1, 0.15) is 5.82 Å². The van der Waals surface area contributed by atoms with Gasteiger partial charge in [-0.15, -0.1) is 0 Å². The Morgan fingerprint density at radius 1 is 1.30 bits per heavy atom. The summed E-state index contributed by atoms with van der Waals surface area (Å²) in [5.41, 5.74) is 0.811. The Bertz CT molecular complexity index is 646. The molecule has 0 saturated carbocycles. The van der Waals surface area contributed by atoms with Gasteiger partial charge in [-0.2, -0.15) is 0 Å². The zero-order valence-electron chi connectivity index (χ0n) is 14.1. The van der Waals surface area contributed by atoms with Crippen molar-refractivity contribution in [3.63, 3.8) is 0 Å². The second kappa shape index (κ2) is 6.65. The van der Waals surface area contributed by atoms with Crippen LogP contribution in [0.2, 0.25) is 0 Å².